The Labute approximate surface area is 70.8 Å². The van der Waals surface area contributed by atoms with Crippen LogP contribution in [0.25, 0.3) is 0 Å². The molecule has 0 aliphatic heterocycles. The molecule has 0 heterocycles. The second kappa shape index (κ2) is 2.52. The summed E-state index contributed by atoms with van der Waals surface area (Å²) in [6.45, 7) is 0. The van der Waals surface area contributed by atoms with Crippen molar-refractivity contribution in [3.05, 3.63) is 29.1 Å². The van der Waals surface area contributed by atoms with Crippen LogP contribution in [0.15, 0.2) is 17.0 Å². The Morgan fingerprint density at radius 1 is 1.18 bits per heavy atom. The summed E-state index contributed by atoms with van der Waals surface area (Å²) < 4.78 is 13.0. The molecule has 1 aliphatic rings. The van der Waals surface area contributed by atoms with Crippen LogP contribution in [0, 0.1) is 5.82 Å². The van der Waals surface area contributed by atoms with E-state index in [1.54, 1.807) is 6.07 Å². The number of thiol groups is 1. The number of hydrogen-bond donors (Lipinski definition) is 1. The van der Waals surface area contributed by atoms with Crippen LogP contribution in [0.1, 0.15) is 17.5 Å². The quantitative estimate of drug-likeness (QED) is 0.565. The monoisotopic (exact) mass is 168 g/mol. The summed E-state index contributed by atoms with van der Waals surface area (Å²) in [5.74, 6) is -0.0599. The van der Waals surface area contributed by atoms with Crippen LogP contribution in [0.2, 0.25) is 0 Å². The predicted molar refractivity (Wildman–Crippen MR) is 45.7 cm³/mol. The molecule has 0 saturated heterocycles. The van der Waals surface area contributed by atoms with Crippen molar-refractivity contribution in [2.75, 3.05) is 0 Å². The lowest BCUT2D eigenvalue weighted by atomic mass is 10.1. The van der Waals surface area contributed by atoms with Crippen molar-refractivity contribution in [1.29, 1.82) is 0 Å². The largest absolute Gasteiger partial charge is 0.207 e. The third kappa shape index (κ3) is 1.06. The van der Waals surface area contributed by atoms with Crippen molar-refractivity contribution in [3.63, 3.8) is 0 Å². The molecular weight excluding hydrogens is 159 g/mol. The van der Waals surface area contributed by atoms with E-state index >= 15 is 0 Å². The van der Waals surface area contributed by atoms with E-state index in [1.165, 1.54) is 6.07 Å². The van der Waals surface area contributed by atoms with E-state index in [2.05, 4.69) is 12.6 Å². The van der Waals surface area contributed by atoms with Gasteiger partial charge in [-0.05, 0) is 42.5 Å². The molecule has 0 atom stereocenters. The van der Waals surface area contributed by atoms with Crippen LogP contribution in [0.3, 0.4) is 0 Å². The lowest BCUT2D eigenvalue weighted by Gasteiger charge is -2.02. The molecule has 0 N–H and O–H groups in total. The molecule has 0 saturated carbocycles. The van der Waals surface area contributed by atoms with Gasteiger partial charge in [-0.2, -0.15) is 0 Å². The zero-order chi connectivity index (χ0) is 7.84. The van der Waals surface area contributed by atoms with Gasteiger partial charge in [-0.15, -0.1) is 12.6 Å². The van der Waals surface area contributed by atoms with Crippen molar-refractivity contribution >= 4 is 12.6 Å². The molecule has 1 aromatic rings. The van der Waals surface area contributed by atoms with E-state index in [0.29, 0.717) is 0 Å². The van der Waals surface area contributed by atoms with Gasteiger partial charge in [0.25, 0.3) is 0 Å². The summed E-state index contributed by atoms with van der Waals surface area (Å²) in [5.41, 5.74) is 2.01. The highest BCUT2D eigenvalue weighted by atomic mass is 32.1. The predicted octanol–water partition coefficient (Wildman–Crippen LogP) is 2.60. The van der Waals surface area contributed by atoms with E-state index in [0.717, 1.165) is 35.3 Å². The van der Waals surface area contributed by atoms with Gasteiger partial charge in [0.2, 0.25) is 0 Å². The first-order valence-electron chi connectivity index (χ1n) is 3.78. The van der Waals surface area contributed by atoms with Crippen LogP contribution >= 0.6 is 12.6 Å². The SMILES string of the molecule is Fc1ccc(S)c2c1CCC2. The minimum Gasteiger partial charge on any atom is -0.207 e. The Kier molecular flexibility index (Phi) is 1.64. The Balaban J connectivity index is 2.64. The second-order valence-corrected chi connectivity index (χ2v) is 3.36. The molecule has 58 valence electrons. The molecule has 2 rings (SSSR count). The molecule has 0 unspecified atom stereocenters. The minimum atomic E-state index is -0.0599. The Morgan fingerprint density at radius 3 is 2.64 bits per heavy atom. The first kappa shape index (κ1) is 7.17. The summed E-state index contributed by atoms with van der Waals surface area (Å²) in [6, 6.07) is 3.25. The minimum absolute atomic E-state index is 0.0599. The maximum atomic E-state index is 13.0. The molecule has 0 amide bonds. The molecule has 0 nitrogen and oxygen atoms in total. The van der Waals surface area contributed by atoms with Gasteiger partial charge in [0.15, 0.2) is 0 Å². The Morgan fingerprint density at radius 2 is 1.91 bits per heavy atom. The molecular formula is C9H9FS. The maximum Gasteiger partial charge on any atom is 0.126 e. The Bertz CT molecular complexity index is 265. The van der Waals surface area contributed by atoms with Crippen LogP contribution in [-0.4, -0.2) is 0 Å². The normalized spacial score (nSPS) is 15.1. The second-order valence-electron chi connectivity index (χ2n) is 2.88. The summed E-state index contributed by atoms with van der Waals surface area (Å²) in [5, 5.41) is 0. The van der Waals surface area contributed by atoms with Gasteiger partial charge in [-0.25, -0.2) is 4.39 Å². The number of rotatable bonds is 0. The molecule has 11 heavy (non-hydrogen) atoms. The lowest BCUT2D eigenvalue weighted by molar-refractivity contribution is 0.611. The first-order chi connectivity index (χ1) is 5.29. The van der Waals surface area contributed by atoms with E-state index in [-0.39, 0.29) is 5.82 Å². The lowest BCUT2D eigenvalue weighted by Crippen LogP contribution is -1.88. The van der Waals surface area contributed by atoms with Gasteiger partial charge in [-0.3, -0.25) is 0 Å². The van der Waals surface area contributed by atoms with Crippen molar-refractivity contribution < 1.29 is 4.39 Å². The highest BCUT2D eigenvalue weighted by Gasteiger charge is 2.16. The van der Waals surface area contributed by atoms with Crippen molar-refractivity contribution in [3.8, 4) is 0 Å². The summed E-state index contributed by atoms with van der Waals surface area (Å²) >= 11 is 4.27. The first-order valence-corrected chi connectivity index (χ1v) is 4.23. The standard InChI is InChI=1S/C9H9FS/c10-8-4-5-9(11)7-3-1-2-6(7)8/h4-5,11H,1-3H2. The van der Waals surface area contributed by atoms with Crippen LogP contribution in [0.5, 0.6) is 0 Å². The fraction of sp³-hybridized carbons (Fsp3) is 0.333. The highest BCUT2D eigenvalue weighted by Crippen LogP contribution is 2.29. The molecule has 0 bridgehead atoms. The van der Waals surface area contributed by atoms with E-state index in [4.69, 9.17) is 0 Å². The van der Waals surface area contributed by atoms with Gasteiger partial charge in [0.1, 0.15) is 5.82 Å². The summed E-state index contributed by atoms with van der Waals surface area (Å²) in [4.78, 5) is 0.943. The smallest absolute Gasteiger partial charge is 0.126 e. The average molecular weight is 168 g/mol. The summed E-state index contributed by atoms with van der Waals surface area (Å²) in [6.07, 6.45) is 2.95. The maximum absolute atomic E-state index is 13.0. The van der Waals surface area contributed by atoms with E-state index in [1.807, 2.05) is 0 Å². The number of hydrogen-bond acceptors (Lipinski definition) is 1. The van der Waals surface area contributed by atoms with Crippen molar-refractivity contribution in [1.82, 2.24) is 0 Å². The molecule has 0 fully saturated rings. The molecule has 1 aromatic carbocycles. The Hall–Kier alpha value is -0.500. The average Bonchev–Trinajstić information content (AvgIpc) is 2.45. The van der Waals surface area contributed by atoms with E-state index in [9.17, 15) is 4.39 Å². The van der Waals surface area contributed by atoms with Crippen molar-refractivity contribution in [2.45, 2.75) is 24.2 Å². The van der Waals surface area contributed by atoms with Crippen LogP contribution in [-0.2, 0) is 12.8 Å². The molecule has 0 aromatic heterocycles. The molecule has 0 radical (unpaired) electrons. The van der Waals surface area contributed by atoms with E-state index < -0.39 is 0 Å². The van der Waals surface area contributed by atoms with Gasteiger partial charge < -0.3 is 0 Å². The fourth-order valence-electron chi connectivity index (χ4n) is 1.64. The fourth-order valence-corrected chi connectivity index (χ4v) is 1.96. The van der Waals surface area contributed by atoms with Crippen LogP contribution in [0.4, 0.5) is 4.39 Å². The van der Waals surface area contributed by atoms with Gasteiger partial charge in [0, 0.05) is 4.90 Å². The number of halogens is 1. The van der Waals surface area contributed by atoms with Crippen LogP contribution < -0.4 is 0 Å². The third-order valence-corrected chi connectivity index (χ3v) is 2.62. The number of fused-ring (bicyclic) bond motifs is 1. The third-order valence-electron chi connectivity index (χ3n) is 2.20. The molecule has 1 aliphatic carbocycles. The van der Waals surface area contributed by atoms with Gasteiger partial charge in [0.05, 0.1) is 0 Å². The zero-order valence-electron chi connectivity index (χ0n) is 6.10. The zero-order valence-corrected chi connectivity index (χ0v) is 7.00. The van der Waals surface area contributed by atoms with Gasteiger partial charge in [-0.1, -0.05) is 0 Å². The number of benzene rings is 1. The topological polar surface area (TPSA) is 0 Å². The highest BCUT2D eigenvalue weighted by molar-refractivity contribution is 7.80. The summed E-state index contributed by atoms with van der Waals surface area (Å²) in [7, 11) is 0. The molecule has 0 spiro atoms. The molecule has 2 heteroatoms. The van der Waals surface area contributed by atoms with Crippen molar-refractivity contribution in [2.24, 2.45) is 0 Å². The van der Waals surface area contributed by atoms with Gasteiger partial charge >= 0.3 is 0 Å².